The highest BCUT2D eigenvalue weighted by atomic mass is 16.7. The number of hydrogen-bond donors (Lipinski definition) is 1. The van der Waals surface area contributed by atoms with Crippen molar-refractivity contribution in [3.8, 4) is 0 Å². The molecule has 0 unspecified atom stereocenters. The van der Waals surface area contributed by atoms with E-state index in [0.29, 0.717) is 5.54 Å². The number of nitrogens with one attached hydrogen (secondary N) is 1. The fourth-order valence-corrected chi connectivity index (χ4v) is 6.04. The van der Waals surface area contributed by atoms with Gasteiger partial charge in [0.1, 0.15) is 5.76 Å². The Labute approximate surface area is 145 Å². The molecule has 6 rings (SSSR count). The lowest BCUT2D eigenvalue weighted by Gasteiger charge is -2.59. The van der Waals surface area contributed by atoms with Crippen LogP contribution in [0.2, 0.25) is 0 Å². The van der Waals surface area contributed by atoms with E-state index >= 15 is 0 Å². The van der Waals surface area contributed by atoms with Gasteiger partial charge in [-0.15, -0.1) is 0 Å². The van der Waals surface area contributed by atoms with E-state index in [4.69, 9.17) is 4.84 Å². The van der Waals surface area contributed by atoms with Crippen molar-refractivity contribution in [1.29, 1.82) is 0 Å². The zero-order valence-electron chi connectivity index (χ0n) is 14.6. The molecule has 1 aromatic carbocycles. The maximum absolute atomic E-state index is 5.84. The summed E-state index contributed by atoms with van der Waals surface area (Å²) in [5, 5.41) is 2.35. The van der Waals surface area contributed by atoms with Crippen LogP contribution in [0.3, 0.4) is 0 Å². The van der Waals surface area contributed by atoms with Crippen LogP contribution in [-0.4, -0.2) is 10.5 Å². The minimum Gasteiger partial charge on any atom is -0.392 e. The maximum Gasteiger partial charge on any atom is 0.144 e. The summed E-state index contributed by atoms with van der Waals surface area (Å²) >= 11 is 0. The molecule has 4 fully saturated rings. The van der Waals surface area contributed by atoms with E-state index < -0.39 is 0 Å². The monoisotopic (exact) mass is 324 g/mol. The Kier molecular flexibility index (Phi) is 3.41. The van der Waals surface area contributed by atoms with Crippen molar-refractivity contribution in [3.05, 3.63) is 47.4 Å². The van der Waals surface area contributed by atoms with Gasteiger partial charge in [-0.3, -0.25) is 5.01 Å². The number of allylic oxidation sites excluding steroid dienone is 1. The SMILES string of the molecule is Cc1ccc(CCC2=CN(C34CC5CC(CC(C5)C3)C4)NO2)cc1. The van der Waals surface area contributed by atoms with Gasteiger partial charge in [0.15, 0.2) is 0 Å². The number of hydrogen-bond acceptors (Lipinski definition) is 3. The van der Waals surface area contributed by atoms with Crippen LogP contribution in [0.15, 0.2) is 36.2 Å². The van der Waals surface area contributed by atoms with Crippen LogP contribution in [0.5, 0.6) is 0 Å². The molecule has 1 heterocycles. The van der Waals surface area contributed by atoms with Crippen molar-refractivity contribution in [2.75, 3.05) is 0 Å². The number of benzene rings is 1. The fraction of sp³-hybridized carbons (Fsp3) is 0.619. The van der Waals surface area contributed by atoms with Gasteiger partial charge in [-0.2, -0.15) is 0 Å². The number of rotatable bonds is 4. The van der Waals surface area contributed by atoms with Gasteiger partial charge in [-0.1, -0.05) is 35.4 Å². The van der Waals surface area contributed by atoms with Crippen molar-refractivity contribution in [1.82, 2.24) is 10.6 Å². The second-order valence-corrected chi connectivity index (χ2v) is 8.79. The molecule has 4 bridgehead atoms. The van der Waals surface area contributed by atoms with Gasteiger partial charge in [0.2, 0.25) is 0 Å². The summed E-state index contributed by atoms with van der Waals surface area (Å²) in [6, 6.07) is 8.85. The Balaban J connectivity index is 1.27. The van der Waals surface area contributed by atoms with Crippen molar-refractivity contribution in [3.63, 3.8) is 0 Å². The predicted octanol–water partition coefficient (Wildman–Crippen LogP) is 4.49. The number of hydrazine groups is 1. The molecule has 0 spiro atoms. The zero-order chi connectivity index (χ0) is 16.1. The Morgan fingerprint density at radius 1 is 1.00 bits per heavy atom. The largest absolute Gasteiger partial charge is 0.392 e. The molecule has 24 heavy (non-hydrogen) atoms. The van der Waals surface area contributed by atoms with Crippen LogP contribution in [0, 0.1) is 24.7 Å². The predicted molar refractivity (Wildman–Crippen MR) is 94.5 cm³/mol. The van der Waals surface area contributed by atoms with E-state index in [9.17, 15) is 0 Å². The molecular weight excluding hydrogens is 296 g/mol. The van der Waals surface area contributed by atoms with E-state index in [1.807, 2.05) is 0 Å². The molecule has 128 valence electrons. The summed E-state index contributed by atoms with van der Waals surface area (Å²) in [4.78, 5) is 5.84. The molecule has 0 saturated heterocycles. The van der Waals surface area contributed by atoms with Crippen molar-refractivity contribution >= 4 is 0 Å². The standard InChI is InChI=1S/C21H28N2O/c1-15-2-4-16(5-3-15)6-7-20-14-23(22-24-20)21-11-17-8-18(12-21)10-19(9-17)13-21/h2-5,14,17-19,22H,6-13H2,1H3. The van der Waals surface area contributed by atoms with Crippen LogP contribution < -0.4 is 5.59 Å². The van der Waals surface area contributed by atoms with Gasteiger partial charge >= 0.3 is 0 Å². The average molecular weight is 324 g/mol. The zero-order valence-corrected chi connectivity index (χ0v) is 14.6. The summed E-state index contributed by atoms with van der Waals surface area (Å²) in [5.74, 6) is 3.97. The van der Waals surface area contributed by atoms with Crippen LogP contribution in [0.1, 0.15) is 56.1 Å². The Morgan fingerprint density at radius 2 is 1.62 bits per heavy atom. The second-order valence-electron chi connectivity index (χ2n) is 8.79. The van der Waals surface area contributed by atoms with E-state index in [1.165, 1.54) is 49.7 Å². The van der Waals surface area contributed by atoms with Crippen molar-refractivity contribution in [2.45, 2.75) is 63.8 Å². The summed E-state index contributed by atoms with van der Waals surface area (Å²) in [5.41, 5.74) is 6.29. The molecule has 0 amide bonds. The lowest BCUT2D eigenvalue weighted by molar-refractivity contribution is -0.127. The minimum absolute atomic E-state index is 0.334. The highest BCUT2D eigenvalue weighted by Crippen LogP contribution is 2.57. The van der Waals surface area contributed by atoms with Crippen LogP contribution in [0.4, 0.5) is 0 Å². The first-order chi connectivity index (χ1) is 11.7. The summed E-state index contributed by atoms with van der Waals surface area (Å²) in [6.07, 6.45) is 12.8. The average Bonchev–Trinajstić information content (AvgIpc) is 3.03. The molecular formula is C21H28N2O. The normalized spacial score (nSPS) is 36.8. The molecule has 0 aromatic heterocycles. The first-order valence-electron chi connectivity index (χ1n) is 9.67. The lowest BCUT2D eigenvalue weighted by Crippen LogP contribution is -2.60. The first-order valence-corrected chi connectivity index (χ1v) is 9.67. The molecule has 1 aromatic rings. The third kappa shape index (κ3) is 2.54. The van der Waals surface area contributed by atoms with Crippen LogP contribution >= 0.6 is 0 Å². The molecule has 1 aliphatic heterocycles. The van der Waals surface area contributed by atoms with Crippen molar-refractivity contribution in [2.24, 2.45) is 17.8 Å². The Hall–Kier alpha value is -1.48. The molecule has 5 aliphatic rings. The van der Waals surface area contributed by atoms with E-state index in [2.05, 4.69) is 48.0 Å². The van der Waals surface area contributed by atoms with E-state index in [0.717, 1.165) is 36.4 Å². The highest BCUT2D eigenvalue weighted by Gasteiger charge is 2.54. The van der Waals surface area contributed by atoms with Crippen LogP contribution in [-0.2, 0) is 11.3 Å². The highest BCUT2D eigenvalue weighted by molar-refractivity contribution is 5.22. The maximum atomic E-state index is 5.84. The third-order valence-corrected chi connectivity index (χ3v) is 6.85. The molecule has 0 radical (unpaired) electrons. The summed E-state index contributed by atoms with van der Waals surface area (Å²) < 4.78 is 0. The van der Waals surface area contributed by atoms with Gasteiger partial charge in [-0.05, 0) is 75.2 Å². The minimum atomic E-state index is 0.334. The van der Waals surface area contributed by atoms with Crippen molar-refractivity contribution < 1.29 is 4.84 Å². The second kappa shape index (κ2) is 5.52. The molecule has 4 aliphatic carbocycles. The van der Waals surface area contributed by atoms with Gasteiger partial charge < -0.3 is 4.84 Å². The van der Waals surface area contributed by atoms with E-state index in [-0.39, 0.29) is 0 Å². The molecule has 0 atom stereocenters. The third-order valence-electron chi connectivity index (χ3n) is 6.85. The molecule has 4 saturated carbocycles. The lowest BCUT2D eigenvalue weighted by atomic mass is 9.53. The topological polar surface area (TPSA) is 24.5 Å². The van der Waals surface area contributed by atoms with Gasteiger partial charge in [-0.25, -0.2) is 0 Å². The van der Waals surface area contributed by atoms with Gasteiger partial charge in [0, 0.05) is 6.42 Å². The smallest absolute Gasteiger partial charge is 0.144 e. The van der Waals surface area contributed by atoms with Gasteiger partial charge in [0.05, 0.1) is 11.7 Å². The quantitative estimate of drug-likeness (QED) is 0.883. The fourth-order valence-electron chi connectivity index (χ4n) is 6.04. The number of aryl methyl sites for hydroxylation is 2. The Bertz CT molecular complexity index is 613. The molecule has 1 N–H and O–H groups in total. The summed E-state index contributed by atoms with van der Waals surface area (Å²) in [6.45, 7) is 2.14. The van der Waals surface area contributed by atoms with E-state index in [1.54, 1.807) is 0 Å². The van der Waals surface area contributed by atoms with Gasteiger partial charge in [0.25, 0.3) is 0 Å². The Morgan fingerprint density at radius 3 is 2.25 bits per heavy atom. The number of nitrogens with zero attached hydrogens (tertiary/aromatic N) is 1. The molecule has 3 heteroatoms. The summed E-state index contributed by atoms with van der Waals surface area (Å²) in [7, 11) is 0. The first kappa shape index (κ1) is 14.8. The van der Waals surface area contributed by atoms with Crippen LogP contribution in [0.25, 0.3) is 0 Å². The molecule has 3 nitrogen and oxygen atoms in total.